The molecule has 3 N–H and O–H groups in total. The van der Waals surface area contributed by atoms with Crippen molar-refractivity contribution in [2.24, 2.45) is 5.73 Å². The lowest BCUT2D eigenvalue weighted by atomic mass is 9.95. The first-order chi connectivity index (χ1) is 6.03. The molecule has 3 heteroatoms. The van der Waals surface area contributed by atoms with Gasteiger partial charge in [0.05, 0.1) is 6.61 Å². The van der Waals surface area contributed by atoms with Gasteiger partial charge >= 0.3 is 0 Å². The van der Waals surface area contributed by atoms with Gasteiger partial charge in [-0.25, -0.2) is 4.39 Å². The lowest BCUT2D eigenvalue weighted by molar-refractivity contribution is 0.208. The quantitative estimate of drug-likeness (QED) is 0.736. The molecule has 0 radical (unpaired) electrons. The van der Waals surface area contributed by atoms with Crippen molar-refractivity contribution in [2.45, 2.75) is 18.9 Å². The summed E-state index contributed by atoms with van der Waals surface area (Å²) < 4.78 is 12.5. The monoisotopic (exact) mass is 183 g/mol. The highest BCUT2D eigenvalue weighted by atomic mass is 19.1. The second-order valence-electron chi connectivity index (χ2n) is 3.62. The molecule has 1 aromatic carbocycles. The largest absolute Gasteiger partial charge is 0.394 e. The van der Waals surface area contributed by atoms with Crippen molar-refractivity contribution >= 4 is 0 Å². The number of rotatable bonds is 3. The summed E-state index contributed by atoms with van der Waals surface area (Å²) in [6.07, 6.45) is 0.545. The second-order valence-corrected chi connectivity index (χ2v) is 3.62. The second kappa shape index (κ2) is 3.85. The third-order valence-corrected chi connectivity index (χ3v) is 1.88. The van der Waals surface area contributed by atoms with Crippen LogP contribution >= 0.6 is 0 Å². The third-order valence-electron chi connectivity index (χ3n) is 1.88. The molecule has 72 valence electrons. The van der Waals surface area contributed by atoms with Crippen LogP contribution in [-0.2, 0) is 6.42 Å². The fourth-order valence-electron chi connectivity index (χ4n) is 1.12. The van der Waals surface area contributed by atoms with Gasteiger partial charge in [-0.15, -0.1) is 0 Å². The molecule has 0 amide bonds. The predicted octanol–water partition coefficient (Wildman–Crippen LogP) is 1.08. The molecular weight excluding hydrogens is 169 g/mol. The lowest BCUT2D eigenvalue weighted by Crippen LogP contribution is -2.42. The van der Waals surface area contributed by atoms with Crippen LogP contribution in [0.25, 0.3) is 0 Å². The van der Waals surface area contributed by atoms with Crippen LogP contribution in [0.4, 0.5) is 4.39 Å². The molecule has 13 heavy (non-hydrogen) atoms. The maximum atomic E-state index is 12.5. The van der Waals surface area contributed by atoms with E-state index in [1.54, 1.807) is 19.1 Å². The molecule has 0 aliphatic rings. The third kappa shape index (κ3) is 3.13. The molecule has 0 unspecified atom stereocenters. The smallest absolute Gasteiger partial charge is 0.123 e. The molecule has 0 fully saturated rings. The highest BCUT2D eigenvalue weighted by Crippen LogP contribution is 2.10. The van der Waals surface area contributed by atoms with E-state index >= 15 is 0 Å². The van der Waals surface area contributed by atoms with Crippen LogP contribution in [-0.4, -0.2) is 17.3 Å². The van der Waals surface area contributed by atoms with E-state index in [9.17, 15) is 4.39 Å². The van der Waals surface area contributed by atoms with Crippen LogP contribution in [0.1, 0.15) is 12.5 Å². The summed E-state index contributed by atoms with van der Waals surface area (Å²) in [7, 11) is 0. The first-order valence-electron chi connectivity index (χ1n) is 4.18. The molecule has 0 bridgehead atoms. The van der Waals surface area contributed by atoms with Gasteiger partial charge in [0.2, 0.25) is 0 Å². The summed E-state index contributed by atoms with van der Waals surface area (Å²) in [5, 5.41) is 8.91. The van der Waals surface area contributed by atoms with Crippen molar-refractivity contribution < 1.29 is 9.50 Å². The van der Waals surface area contributed by atoms with Crippen molar-refractivity contribution in [1.29, 1.82) is 0 Å². The van der Waals surface area contributed by atoms with Crippen LogP contribution in [0.3, 0.4) is 0 Å². The Morgan fingerprint density at radius 1 is 1.38 bits per heavy atom. The van der Waals surface area contributed by atoms with Gasteiger partial charge < -0.3 is 10.8 Å². The number of aliphatic hydroxyl groups is 1. The normalized spacial score (nSPS) is 15.4. The molecule has 0 saturated carbocycles. The summed E-state index contributed by atoms with van der Waals surface area (Å²) >= 11 is 0. The topological polar surface area (TPSA) is 46.2 Å². The average Bonchev–Trinajstić information content (AvgIpc) is 2.09. The standard InChI is InChI=1S/C10H14FNO/c1-10(12,7-13)6-8-2-4-9(11)5-3-8/h2-5,13H,6-7,12H2,1H3/t10-/m0/s1. The Morgan fingerprint density at radius 3 is 2.38 bits per heavy atom. The maximum absolute atomic E-state index is 12.5. The van der Waals surface area contributed by atoms with E-state index in [-0.39, 0.29) is 12.4 Å². The molecule has 0 saturated heterocycles. The summed E-state index contributed by atoms with van der Waals surface area (Å²) in [5.41, 5.74) is 6.05. The van der Waals surface area contributed by atoms with Gasteiger partial charge in [-0.3, -0.25) is 0 Å². The van der Waals surface area contributed by atoms with Crippen LogP contribution in [0.2, 0.25) is 0 Å². The minimum absolute atomic E-state index is 0.0790. The van der Waals surface area contributed by atoms with Gasteiger partial charge in [-0.05, 0) is 31.0 Å². The van der Waals surface area contributed by atoms with E-state index < -0.39 is 5.54 Å². The molecule has 0 aromatic heterocycles. The Hall–Kier alpha value is -0.930. The number of hydrogen-bond donors (Lipinski definition) is 2. The van der Waals surface area contributed by atoms with Gasteiger partial charge in [0.15, 0.2) is 0 Å². The Balaban J connectivity index is 2.69. The molecule has 1 atom stereocenters. The molecule has 1 rings (SSSR count). The van der Waals surface area contributed by atoms with Crippen molar-refractivity contribution in [2.75, 3.05) is 6.61 Å². The zero-order chi connectivity index (χ0) is 9.90. The van der Waals surface area contributed by atoms with Crippen LogP contribution < -0.4 is 5.73 Å². The molecule has 2 nitrogen and oxygen atoms in total. The van der Waals surface area contributed by atoms with Gasteiger partial charge in [0, 0.05) is 5.54 Å². The number of hydrogen-bond acceptors (Lipinski definition) is 2. The van der Waals surface area contributed by atoms with Gasteiger partial charge in [0.25, 0.3) is 0 Å². The van der Waals surface area contributed by atoms with Gasteiger partial charge in [0.1, 0.15) is 5.82 Å². The van der Waals surface area contributed by atoms with E-state index in [2.05, 4.69) is 0 Å². The average molecular weight is 183 g/mol. The Kier molecular flexibility index (Phi) is 3.01. The van der Waals surface area contributed by atoms with Crippen molar-refractivity contribution in [3.63, 3.8) is 0 Å². The first-order valence-corrected chi connectivity index (χ1v) is 4.18. The maximum Gasteiger partial charge on any atom is 0.123 e. The molecule has 0 heterocycles. The highest BCUT2D eigenvalue weighted by Gasteiger charge is 2.17. The molecule has 0 spiro atoms. The minimum Gasteiger partial charge on any atom is -0.394 e. The molecule has 1 aromatic rings. The van der Waals surface area contributed by atoms with E-state index in [1.165, 1.54) is 12.1 Å². The van der Waals surface area contributed by atoms with Crippen LogP contribution in [0, 0.1) is 5.82 Å². The molecule has 0 aliphatic heterocycles. The van der Waals surface area contributed by atoms with Crippen LogP contribution in [0.15, 0.2) is 24.3 Å². The van der Waals surface area contributed by atoms with Gasteiger partial charge in [-0.1, -0.05) is 12.1 Å². The fourth-order valence-corrected chi connectivity index (χ4v) is 1.12. The zero-order valence-corrected chi connectivity index (χ0v) is 7.63. The fraction of sp³-hybridized carbons (Fsp3) is 0.400. The Morgan fingerprint density at radius 2 is 1.92 bits per heavy atom. The zero-order valence-electron chi connectivity index (χ0n) is 7.63. The van der Waals surface area contributed by atoms with E-state index in [0.717, 1.165) is 5.56 Å². The van der Waals surface area contributed by atoms with Crippen molar-refractivity contribution in [1.82, 2.24) is 0 Å². The highest BCUT2D eigenvalue weighted by molar-refractivity contribution is 5.18. The van der Waals surface area contributed by atoms with Crippen molar-refractivity contribution in [3.05, 3.63) is 35.6 Å². The Labute approximate surface area is 77.2 Å². The SMILES string of the molecule is C[C@@](N)(CO)Cc1ccc(F)cc1. The summed E-state index contributed by atoms with van der Waals surface area (Å²) in [6, 6.07) is 6.14. The number of halogens is 1. The molecule has 0 aliphatic carbocycles. The Bertz CT molecular complexity index is 269. The van der Waals surface area contributed by atoms with E-state index in [1.807, 2.05) is 0 Å². The van der Waals surface area contributed by atoms with Crippen molar-refractivity contribution in [3.8, 4) is 0 Å². The van der Waals surface area contributed by atoms with Crippen LogP contribution in [0.5, 0.6) is 0 Å². The lowest BCUT2D eigenvalue weighted by Gasteiger charge is -2.21. The first kappa shape index (κ1) is 10.2. The summed E-state index contributed by atoms with van der Waals surface area (Å²) in [5.74, 6) is -0.258. The van der Waals surface area contributed by atoms with Gasteiger partial charge in [-0.2, -0.15) is 0 Å². The number of nitrogens with two attached hydrogens (primary N) is 1. The summed E-state index contributed by atoms with van der Waals surface area (Å²) in [6.45, 7) is 1.68. The van der Waals surface area contributed by atoms with E-state index in [0.29, 0.717) is 6.42 Å². The number of benzene rings is 1. The predicted molar refractivity (Wildman–Crippen MR) is 49.8 cm³/mol. The minimum atomic E-state index is -0.627. The summed E-state index contributed by atoms with van der Waals surface area (Å²) in [4.78, 5) is 0. The number of aliphatic hydroxyl groups excluding tert-OH is 1. The molecular formula is C10H14FNO. The van der Waals surface area contributed by atoms with E-state index in [4.69, 9.17) is 10.8 Å².